The molecule has 0 fully saturated rings. The van der Waals surface area contributed by atoms with Crippen LogP contribution in [0.25, 0.3) is 0 Å². The number of methoxy groups -OCH3 is 1. The van der Waals surface area contributed by atoms with Gasteiger partial charge < -0.3 is 14.8 Å². The molecule has 112 valence electrons. The molecule has 0 amide bonds. The second-order valence-corrected chi connectivity index (χ2v) is 5.01. The molecule has 0 aromatic heterocycles. The summed E-state index contributed by atoms with van der Waals surface area (Å²) in [5, 5.41) is 3.58. The Morgan fingerprint density at radius 2 is 2.00 bits per heavy atom. The first-order chi connectivity index (χ1) is 10.1. The van der Waals surface area contributed by atoms with E-state index in [1.807, 2.05) is 7.05 Å². The molecule has 5 heteroatoms. The molecule has 0 spiro atoms. The molecule has 21 heavy (non-hydrogen) atoms. The van der Waals surface area contributed by atoms with Crippen LogP contribution in [0.3, 0.4) is 0 Å². The van der Waals surface area contributed by atoms with Gasteiger partial charge >= 0.3 is 0 Å². The monoisotopic (exact) mass is 309 g/mol. The Morgan fingerprint density at radius 3 is 2.71 bits per heavy atom. The van der Waals surface area contributed by atoms with E-state index < -0.39 is 0 Å². The number of hydrogen-bond acceptors (Lipinski definition) is 3. The molecule has 0 atom stereocenters. The average Bonchev–Trinajstić information content (AvgIpc) is 2.45. The average molecular weight is 310 g/mol. The predicted molar refractivity (Wildman–Crippen MR) is 81.5 cm³/mol. The summed E-state index contributed by atoms with van der Waals surface area (Å²) in [6.45, 7) is 0.834. The fourth-order valence-corrected chi connectivity index (χ4v) is 2.23. The van der Waals surface area contributed by atoms with E-state index in [0.717, 1.165) is 11.1 Å². The molecule has 0 saturated heterocycles. The fraction of sp³-hybridized carbons (Fsp3) is 0.250. The normalized spacial score (nSPS) is 10.5. The van der Waals surface area contributed by atoms with E-state index in [4.69, 9.17) is 21.1 Å². The highest BCUT2D eigenvalue weighted by molar-refractivity contribution is 6.30. The summed E-state index contributed by atoms with van der Waals surface area (Å²) >= 11 is 5.97. The minimum atomic E-state index is -0.323. The van der Waals surface area contributed by atoms with Crippen molar-refractivity contribution in [1.29, 1.82) is 0 Å². The van der Waals surface area contributed by atoms with Crippen LogP contribution in [0.5, 0.6) is 11.5 Å². The first kappa shape index (κ1) is 15.6. The van der Waals surface area contributed by atoms with Gasteiger partial charge in [0.05, 0.1) is 7.11 Å². The minimum absolute atomic E-state index is 0.256. The molecule has 0 aliphatic carbocycles. The van der Waals surface area contributed by atoms with Gasteiger partial charge in [0.15, 0.2) is 0 Å². The summed E-state index contributed by atoms with van der Waals surface area (Å²) in [4.78, 5) is 0. The van der Waals surface area contributed by atoms with Gasteiger partial charge in [0.2, 0.25) is 0 Å². The minimum Gasteiger partial charge on any atom is -0.496 e. The van der Waals surface area contributed by atoms with E-state index in [-0.39, 0.29) is 12.4 Å². The molecule has 3 nitrogen and oxygen atoms in total. The van der Waals surface area contributed by atoms with Crippen molar-refractivity contribution in [3.05, 3.63) is 58.4 Å². The summed E-state index contributed by atoms with van der Waals surface area (Å²) in [6, 6.07) is 9.93. The van der Waals surface area contributed by atoms with Crippen molar-refractivity contribution in [3.63, 3.8) is 0 Å². The lowest BCUT2D eigenvalue weighted by Gasteiger charge is -2.12. The zero-order chi connectivity index (χ0) is 15.2. The molecule has 2 aromatic carbocycles. The van der Waals surface area contributed by atoms with Crippen LogP contribution in [0.2, 0.25) is 5.02 Å². The van der Waals surface area contributed by atoms with Crippen LogP contribution in [0.4, 0.5) is 4.39 Å². The molecule has 2 aromatic rings. The van der Waals surface area contributed by atoms with Crippen molar-refractivity contribution >= 4 is 11.6 Å². The quantitative estimate of drug-likeness (QED) is 0.880. The van der Waals surface area contributed by atoms with Gasteiger partial charge in [-0.1, -0.05) is 11.6 Å². The van der Waals surface area contributed by atoms with Gasteiger partial charge in [-0.2, -0.15) is 0 Å². The summed E-state index contributed by atoms with van der Waals surface area (Å²) in [5.41, 5.74) is 1.63. The Balaban J connectivity index is 2.14. The second kappa shape index (κ2) is 7.29. The highest BCUT2D eigenvalue weighted by Crippen LogP contribution is 2.25. The molecule has 1 N–H and O–H groups in total. The van der Waals surface area contributed by atoms with E-state index >= 15 is 0 Å². The first-order valence-electron chi connectivity index (χ1n) is 6.51. The van der Waals surface area contributed by atoms with Crippen LogP contribution in [0, 0.1) is 5.82 Å². The van der Waals surface area contributed by atoms with Crippen LogP contribution in [-0.2, 0) is 13.2 Å². The largest absolute Gasteiger partial charge is 0.496 e. The van der Waals surface area contributed by atoms with E-state index in [1.54, 1.807) is 31.4 Å². The lowest BCUT2D eigenvalue weighted by Crippen LogP contribution is -2.06. The molecular formula is C16H17ClFNO2. The number of ether oxygens (including phenoxy) is 2. The molecule has 0 aliphatic heterocycles. The number of rotatable bonds is 6. The number of hydrogen-bond donors (Lipinski definition) is 1. The standard InChI is InChI=1S/C16H17ClFNO2/c1-19-9-11-5-14(18)8-15(6-11)21-10-12-7-13(17)3-4-16(12)20-2/h3-8,19H,9-10H2,1-2H3. The zero-order valence-corrected chi connectivity index (χ0v) is 12.7. The molecule has 0 radical (unpaired) electrons. The Hall–Kier alpha value is -1.78. The lowest BCUT2D eigenvalue weighted by molar-refractivity contribution is 0.295. The summed E-state index contributed by atoms with van der Waals surface area (Å²) in [6.07, 6.45) is 0. The molecule has 0 heterocycles. The maximum Gasteiger partial charge on any atom is 0.127 e. The van der Waals surface area contributed by atoms with Crippen LogP contribution in [-0.4, -0.2) is 14.2 Å². The molecule has 0 bridgehead atoms. The maximum atomic E-state index is 13.5. The van der Waals surface area contributed by atoms with Crippen molar-refractivity contribution in [3.8, 4) is 11.5 Å². The van der Waals surface area contributed by atoms with Gasteiger partial charge in [0.25, 0.3) is 0 Å². The van der Waals surface area contributed by atoms with Gasteiger partial charge in [-0.25, -0.2) is 4.39 Å². The Bertz CT molecular complexity index is 619. The second-order valence-electron chi connectivity index (χ2n) is 4.57. The zero-order valence-electron chi connectivity index (χ0n) is 12.0. The van der Waals surface area contributed by atoms with Gasteiger partial charge in [-0.3, -0.25) is 0 Å². The highest BCUT2D eigenvalue weighted by Gasteiger charge is 2.07. The summed E-state index contributed by atoms with van der Waals surface area (Å²) < 4.78 is 24.4. The van der Waals surface area contributed by atoms with Crippen molar-refractivity contribution in [2.45, 2.75) is 13.2 Å². The Kier molecular flexibility index (Phi) is 5.42. The molecule has 2 rings (SSSR count). The van der Waals surface area contributed by atoms with Gasteiger partial charge in [-0.05, 0) is 42.9 Å². The summed E-state index contributed by atoms with van der Waals surface area (Å²) in [5.74, 6) is 0.837. The molecular weight excluding hydrogens is 293 g/mol. The SMILES string of the molecule is CNCc1cc(F)cc(OCc2cc(Cl)ccc2OC)c1. The van der Waals surface area contributed by atoms with Crippen molar-refractivity contribution < 1.29 is 13.9 Å². The first-order valence-corrected chi connectivity index (χ1v) is 6.89. The van der Waals surface area contributed by atoms with E-state index in [1.165, 1.54) is 12.1 Å². The molecule has 0 aliphatic rings. The van der Waals surface area contributed by atoms with Crippen LogP contribution >= 0.6 is 11.6 Å². The van der Waals surface area contributed by atoms with Crippen LogP contribution in [0.1, 0.15) is 11.1 Å². The third-order valence-corrected chi connectivity index (χ3v) is 3.18. The smallest absolute Gasteiger partial charge is 0.127 e. The number of nitrogens with one attached hydrogen (secondary N) is 1. The van der Waals surface area contributed by atoms with E-state index in [9.17, 15) is 4.39 Å². The highest BCUT2D eigenvalue weighted by atomic mass is 35.5. The Labute approximate surface area is 128 Å². The molecule has 0 saturated carbocycles. The lowest BCUT2D eigenvalue weighted by atomic mass is 10.2. The third kappa shape index (κ3) is 4.34. The van der Waals surface area contributed by atoms with Crippen molar-refractivity contribution in [2.75, 3.05) is 14.2 Å². The van der Waals surface area contributed by atoms with Crippen molar-refractivity contribution in [2.24, 2.45) is 0 Å². The Morgan fingerprint density at radius 1 is 1.19 bits per heavy atom. The van der Waals surface area contributed by atoms with Gasteiger partial charge in [0.1, 0.15) is 23.9 Å². The fourth-order valence-electron chi connectivity index (χ4n) is 2.03. The van der Waals surface area contributed by atoms with E-state index in [0.29, 0.717) is 23.1 Å². The third-order valence-electron chi connectivity index (χ3n) is 2.95. The van der Waals surface area contributed by atoms with Crippen molar-refractivity contribution in [1.82, 2.24) is 5.32 Å². The number of halogens is 2. The topological polar surface area (TPSA) is 30.5 Å². The van der Waals surface area contributed by atoms with Crippen LogP contribution in [0.15, 0.2) is 36.4 Å². The van der Waals surface area contributed by atoms with E-state index in [2.05, 4.69) is 5.32 Å². The van der Waals surface area contributed by atoms with Crippen LogP contribution < -0.4 is 14.8 Å². The predicted octanol–water partition coefficient (Wildman–Crippen LogP) is 3.79. The van der Waals surface area contributed by atoms with Gasteiger partial charge in [0, 0.05) is 23.2 Å². The van der Waals surface area contributed by atoms with Gasteiger partial charge in [-0.15, -0.1) is 0 Å². The maximum absolute atomic E-state index is 13.5. The summed E-state index contributed by atoms with van der Waals surface area (Å²) in [7, 11) is 3.39. The molecule has 0 unspecified atom stereocenters. The number of benzene rings is 2.